The fourth-order valence-corrected chi connectivity index (χ4v) is 1.03. The number of nitrogens with two attached hydrogens (primary N) is 2. The first-order valence-electron chi connectivity index (χ1n) is 5.74. The zero-order chi connectivity index (χ0) is 12.2. The lowest BCUT2D eigenvalue weighted by molar-refractivity contribution is 0.724. The maximum atomic E-state index is 5.66. The molecule has 0 heterocycles. The van der Waals surface area contributed by atoms with Gasteiger partial charge in [0.15, 0.2) is 11.7 Å². The van der Waals surface area contributed by atoms with Gasteiger partial charge in [0.05, 0.1) is 13.1 Å². The quantitative estimate of drug-likeness (QED) is 0.241. The predicted octanol–water partition coefficient (Wildman–Crippen LogP) is -1.08. The van der Waals surface area contributed by atoms with Crippen LogP contribution in [0.25, 0.3) is 0 Å². The van der Waals surface area contributed by atoms with E-state index in [1.807, 2.05) is 13.8 Å². The molecule has 0 unspecified atom stereocenters. The lowest BCUT2D eigenvalue weighted by Crippen LogP contribution is -2.33. The highest BCUT2D eigenvalue weighted by molar-refractivity contribution is 6.39. The van der Waals surface area contributed by atoms with Crippen molar-refractivity contribution in [2.45, 2.75) is 13.8 Å². The molecule has 0 aromatic heterocycles. The van der Waals surface area contributed by atoms with E-state index in [1.165, 1.54) is 0 Å². The Labute approximate surface area is 97.6 Å². The number of likely N-dealkylation sites (N-methyl/N-ethyl adjacent to an activating group) is 2. The van der Waals surface area contributed by atoms with E-state index in [0.717, 1.165) is 26.2 Å². The maximum absolute atomic E-state index is 5.66. The highest BCUT2D eigenvalue weighted by Crippen LogP contribution is 1.76. The van der Waals surface area contributed by atoms with Crippen molar-refractivity contribution in [2.24, 2.45) is 21.5 Å². The largest absolute Gasteiger partial charge is 0.381 e. The SMILES string of the molecule is CCNCCN=C(N)C(N)=NCCNCC. The minimum absolute atomic E-state index is 0.328. The van der Waals surface area contributed by atoms with E-state index in [0.29, 0.717) is 24.8 Å². The van der Waals surface area contributed by atoms with Gasteiger partial charge in [0.1, 0.15) is 0 Å². The summed E-state index contributed by atoms with van der Waals surface area (Å²) in [5, 5.41) is 6.30. The molecule has 0 saturated heterocycles. The van der Waals surface area contributed by atoms with Gasteiger partial charge in [-0.15, -0.1) is 0 Å². The molecule has 0 atom stereocenters. The van der Waals surface area contributed by atoms with Crippen molar-refractivity contribution in [3.63, 3.8) is 0 Å². The summed E-state index contributed by atoms with van der Waals surface area (Å²) >= 11 is 0. The molecule has 0 aromatic carbocycles. The standard InChI is InChI=1S/C10H24N6/c1-3-13-5-7-15-9(11)10(12)16-8-6-14-4-2/h13-14H,3-8H2,1-2H3,(H2,11,15)(H2,12,16). The van der Waals surface area contributed by atoms with Crippen LogP contribution in [-0.4, -0.2) is 50.9 Å². The molecule has 0 rings (SSSR count). The molecule has 6 heteroatoms. The van der Waals surface area contributed by atoms with Crippen LogP contribution >= 0.6 is 0 Å². The molecule has 0 aliphatic carbocycles. The lowest BCUT2D eigenvalue weighted by Gasteiger charge is -2.02. The molecule has 6 N–H and O–H groups in total. The van der Waals surface area contributed by atoms with Gasteiger partial charge in [0.2, 0.25) is 0 Å². The van der Waals surface area contributed by atoms with Crippen molar-refractivity contribution in [2.75, 3.05) is 39.3 Å². The Hall–Kier alpha value is -1.14. The second kappa shape index (κ2) is 10.4. The van der Waals surface area contributed by atoms with Crippen LogP contribution in [0, 0.1) is 0 Å². The summed E-state index contributed by atoms with van der Waals surface area (Å²) in [4.78, 5) is 8.23. The smallest absolute Gasteiger partial charge is 0.161 e. The van der Waals surface area contributed by atoms with Crippen molar-refractivity contribution in [3.05, 3.63) is 0 Å². The third kappa shape index (κ3) is 8.19. The maximum Gasteiger partial charge on any atom is 0.161 e. The molecule has 0 aliphatic rings. The van der Waals surface area contributed by atoms with Crippen LogP contribution in [0.15, 0.2) is 9.98 Å². The monoisotopic (exact) mass is 228 g/mol. The molecular formula is C10H24N6. The van der Waals surface area contributed by atoms with Crippen LogP contribution < -0.4 is 22.1 Å². The van der Waals surface area contributed by atoms with E-state index in [9.17, 15) is 0 Å². The molecule has 94 valence electrons. The number of nitrogens with one attached hydrogen (secondary N) is 2. The van der Waals surface area contributed by atoms with Gasteiger partial charge < -0.3 is 22.1 Å². The van der Waals surface area contributed by atoms with Gasteiger partial charge in [-0.25, -0.2) is 0 Å². The summed E-state index contributed by atoms with van der Waals surface area (Å²) < 4.78 is 0. The summed E-state index contributed by atoms with van der Waals surface area (Å²) in [5.41, 5.74) is 11.3. The van der Waals surface area contributed by atoms with E-state index in [2.05, 4.69) is 20.6 Å². The minimum Gasteiger partial charge on any atom is -0.381 e. The molecule has 0 saturated carbocycles. The van der Waals surface area contributed by atoms with Crippen molar-refractivity contribution in [1.82, 2.24) is 10.6 Å². The molecule has 0 amide bonds. The molecule has 0 radical (unpaired) electrons. The Morgan fingerprint density at radius 3 is 1.56 bits per heavy atom. The fourth-order valence-electron chi connectivity index (χ4n) is 1.03. The molecule has 0 fully saturated rings. The number of nitrogens with zero attached hydrogens (tertiary/aromatic N) is 2. The Balaban J connectivity index is 3.81. The summed E-state index contributed by atoms with van der Waals surface area (Å²) in [6, 6.07) is 0. The number of amidine groups is 2. The number of rotatable bonds is 8. The first kappa shape index (κ1) is 14.9. The Bertz CT molecular complexity index is 199. The van der Waals surface area contributed by atoms with Gasteiger partial charge in [-0.3, -0.25) is 9.98 Å². The Morgan fingerprint density at radius 2 is 1.25 bits per heavy atom. The molecule has 16 heavy (non-hydrogen) atoms. The second-order valence-corrected chi connectivity index (χ2v) is 3.24. The third-order valence-electron chi connectivity index (χ3n) is 1.90. The summed E-state index contributed by atoms with van der Waals surface area (Å²) in [5.74, 6) is 0.656. The number of aliphatic imine (C=N–C) groups is 2. The highest BCUT2D eigenvalue weighted by atomic mass is 15.0. The molecule has 6 nitrogen and oxygen atoms in total. The first-order valence-corrected chi connectivity index (χ1v) is 5.74. The molecule has 0 spiro atoms. The average molecular weight is 228 g/mol. The second-order valence-electron chi connectivity index (χ2n) is 3.24. The van der Waals surface area contributed by atoms with E-state index >= 15 is 0 Å². The number of hydrogen-bond acceptors (Lipinski definition) is 4. The molecule has 0 aliphatic heterocycles. The van der Waals surface area contributed by atoms with E-state index < -0.39 is 0 Å². The zero-order valence-corrected chi connectivity index (χ0v) is 10.3. The first-order chi connectivity index (χ1) is 7.72. The molecular weight excluding hydrogens is 204 g/mol. The highest BCUT2D eigenvalue weighted by Gasteiger charge is 1.97. The van der Waals surface area contributed by atoms with Crippen molar-refractivity contribution in [1.29, 1.82) is 0 Å². The third-order valence-corrected chi connectivity index (χ3v) is 1.90. The van der Waals surface area contributed by atoms with E-state index in [4.69, 9.17) is 11.5 Å². The van der Waals surface area contributed by atoms with Gasteiger partial charge in [-0.1, -0.05) is 13.8 Å². The van der Waals surface area contributed by atoms with Crippen molar-refractivity contribution < 1.29 is 0 Å². The summed E-state index contributed by atoms with van der Waals surface area (Å²) in [7, 11) is 0. The van der Waals surface area contributed by atoms with Gasteiger partial charge in [0, 0.05) is 13.1 Å². The lowest BCUT2D eigenvalue weighted by atomic mass is 10.5. The normalized spacial score (nSPS) is 13.1. The van der Waals surface area contributed by atoms with Crippen LogP contribution in [0.1, 0.15) is 13.8 Å². The van der Waals surface area contributed by atoms with E-state index in [-0.39, 0.29) is 0 Å². The van der Waals surface area contributed by atoms with Crippen molar-refractivity contribution >= 4 is 11.7 Å². The van der Waals surface area contributed by atoms with Crippen LogP contribution in [0.4, 0.5) is 0 Å². The Morgan fingerprint density at radius 1 is 0.875 bits per heavy atom. The average Bonchev–Trinajstić information content (AvgIpc) is 2.29. The molecule has 0 aromatic rings. The van der Waals surface area contributed by atoms with Crippen LogP contribution in [0.2, 0.25) is 0 Å². The van der Waals surface area contributed by atoms with Gasteiger partial charge in [-0.05, 0) is 13.1 Å². The minimum atomic E-state index is 0.328. The van der Waals surface area contributed by atoms with Crippen LogP contribution in [0.5, 0.6) is 0 Å². The molecule has 0 bridgehead atoms. The van der Waals surface area contributed by atoms with Crippen molar-refractivity contribution in [3.8, 4) is 0 Å². The van der Waals surface area contributed by atoms with Crippen LogP contribution in [-0.2, 0) is 0 Å². The zero-order valence-electron chi connectivity index (χ0n) is 10.3. The van der Waals surface area contributed by atoms with Gasteiger partial charge in [0.25, 0.3) is 0 Å². The van der Waals surface area contributed by atoms with Crippen LogP contribution in [0.3, 0.4) is 0 Å². The topological polar surface area (TPSA) is 101 Å². The Kier molecular flexibility index (Phi) is 9.64. The summed E-state index contributed by atoms with van der Waals surface area (Å²) in [6.07, 6.45) is 0. The fraction of sp³-hybridized carbons (Fsp3) is 0.800. The van der Waals surface area contributed by atoms with Gasteiger partial charge >= 0.3 is 0 Å². The number of hydrogen-bond donors (Lipinski definition) is 4. The predicted molar refractivity (Wildman–Crippen MR) is 70.1 cm³/mol. The van der Waals surface area contributed by atoms with E-state index in [1.54, 1.807) is 0 Å². The van der Waals surface area contributed by atoms with Gasteiger partial charge in [-0.2, -0.15) is 0 Å². The summed E-state index contributed by atoms with van der Waals surface area (Å²) in [6.45, 7) is 8.83.